The first-order valence-corrected chi connectivity index (χ1v) is 11.7. The average Bonchev–Trinajstić information content (AvgIpc) is 3.19. The predicted molar refractivity (Wildman–Crippen MR) is 115 cm³/mol. The molecule has 2 heterocycles. The number of rotatable bonds is 6. The minimum atomic E-state index is -3.52. The van der Waals surface area contributed by atoms with Crippen LogP contribution in [0.1, 0.15) is 6.92 Å². The lowest BCUT2D eigenvalue weighted by molar-refractivity contribution is 0.343. The van der Waals surface area contributed by atoms with Gasteiger partial charge in [-0.1, -0.05) is 17.4 Å². The normalized spacial score (nSPS) is 15.6. The molecule has 0 saturated carbocycles. The summed E-state index contributed by atoms with van der Waals surface area (Å²) in [6, 6.07) is 12.4. The summed E-state index contributed by atoms with van der Waals surface area (Å²) in [5.74, 6) is 1.42. The van der Waals surface area contributed by atoms with Crippen LogP contribution >= 0.6 is 11.3 Å². The fourth-order valence-corrected chi connectivity index (χ4v) is 5.79. The lowest BCUT2D eigenvalue weighted by atomic mass is 10.3. The number of piperazine rings is 1. The van der Waals surface area contributed by atoms with Gasteiger partial charge in [-0.15, -0.1) is 0 Å². The van der Waals surface area contributed by atoms with Gasteiger partial charge in [0.2, 0.25) is 10.0 Å². The number of nitrogens with zero attached hydrogens (tertiary/aromatic N) is 3. The fourth-order valence-electron chi connectivity index (χ4n) is 3.34. The Bertz CT molecular complexity index is 1090. The molecule has 0 aliphatic carbocycles. The summed E-state index contributed by atoms with van der Waals surface area (Å²) in [7, 11) is -1.96. The van der Waals surface area contributed by atoms with Crippen LogP contribution < -0.4 is 14.4 Å². The molecule has 1 aliphatic rings. The number of aromatic nitrogens is 1. The minimum Gasteiger partial charge on any atom is -0.497 e. The van der Waals surface area contributed by atoms with Gasteiger partial charge in [-0.25, -0.2) is 13.4 Å². The van der Waals surface area contributed by atoms with E-state index < -0.39 is 10.0 Å². The van der Waals surface area contributed by atoms with Crippen LogP contribution in [-0.4, -0.2) is 57.6 Å². The van der Waals surface area contributed by atoms with Gasteiger partial charge >= 0.3 is 0 Å². The van der Waals surface area contributed by atoms with Crippen LogP contribution in [0.2, 0.25) is 0 Å². The minimum absolute atomic E-state index is 0.285. The maximum absolute atomic E-state index is 12.9. The maximum atomic E-state index is 12.9. The van der Waals surface area contributed by atoms with Crippen LogP contribution in [-0.2, 0) is 10.0 Å². The predicted octanol–water partition coefficient (Wildman–Crippen LogP) is 3.21. The highest BCUT2D eigenvalue weighted by Crippen LogP contribution is 2.34. The fraction of sp³-hybridized carbons (Fsp3) is 0.350. The molecule has 0 atom stereocenters. The third kappa shape index (κ3) is 3.90. The highest BCUT2D eigenvalue weighted by atomic mass is 32.2. The van der Waals surface area contributed by atoms with Gasteiger partial charge in [0.25, 0.3) is 0 Å². The Morgan fingerprint density at radius 1 is 1.07 bits per heavy atom. The molecular formula is C20H23N3O4S2. The molecular weight excluding hydrogens is 410 g/mol. The Kier molecular flexibility index (Phi) is 5.62. The summed E-state index contributed by atoms with van der Waals surface area (Å²) < 4.78 is 39.2. The van der Waals surface area contributed by atoms with Crippen LogP contribution in [0.5, 0.6) is 11.5 Å². The largest absolute Gasteiger partial charge is 0.497 e. The van der Waals surface area contributed by atoms with Crippen molar-refractivity contribution in [2.45, 2.75) is 11.8 Å². The van der Waals surface area contributed by atoms with Crippen molar-refractivity contribution in [3.63, 3.8) is 0 Å². The van der Waals surface area contributed by atoms with Crippen molar-refractivity contribution in [3.8, 4) is 11.5 Å². The third-order valence-corrected chi connectivity index (χ3v) is 7.87. The van der Waals surface area contributed by atoms with Crippen molar-refractivity contribution in [2.24, 2.45) is 0 Å². The summed E-state index contributed by atoms with van der Waals surface area (Å²) in [5, 5.41) is 0.897. The lowest BCUT2D eigenvalue weighted by Crippen LogP contribution is -2.48. The number of hydrogen-bond donors (Lipinski definition) is 0. The Morgan fingerprint density at radius 2 is 1.79 bits per heavy atom. The van der Waals surface area contributed by atoms with Crippen molar-refractivity contribution in [1.82, 2.24) is 9.29 Å². The lowest BCUT2D eigenvalue weighted by Gasteiger charge is -2.33. The number of hydrogen-bond acceptors (Lipinski definition) is 7. The molecule has 154 valence electrons. The number of sulfonamides is 1. The van der Waals surface area contributed by atoms with Crippen LogP contribution in [0.15, 0.2) is 47.4 Å². The summed E-state index contributed by atoms with van der Waals surface area (Å²) in [6.07, 6.45) is 0. The molecule has 2 aromatic carbocycles. The van der Waals surface area contributed by atoms with Gasteiger partial charge < -0.3 is 14.4 Å². The molecule has 0 amide bonds. The van der Waals surface area contributed by atoms with Gasteiger partial charge in [0, 0.05) is 26.2 Å². The summed E-state index contributed by atoms with van der Waals surface area (Å²) in [5.41, 5.74) is 0.864. The van der Waals surface area contributed by atoms with E-state index in [4.69, 9.17) is 14.5 Å². The van der Waals surface area contributed by atoms with Crippen LogP contribution in [0, 0.1) is 0 Å². The Morgan fingerprint density at radius 3 is 2.45 bits per heavy atom. The Labute approximate surface area is 174 Å². The molecule has 0 spiro atoms. The van der Waals surface area contributed by atoms with E-state index >= 15 is 0 Å². The molecule has 1 fully saturated rings. The maximum Gasteiger partial charge on any atom is 0.243 e. The second-order valence-corrected chi connectivity index (χ2v) is 9.55. The number of para-hydroxylation sites is 1. The van der Waals surface area contributed by atoms with Gasteiger partial charge in [-0.3, -0.25) is 0 Å². The molecule has 9 heteroatoms. The molecule has 1 saturated heterocycles. The van der Waals surface area contributed by atoms with E-state index in [1.807, 2.05) is 25.1 Å². The molecule has 4 rings (SSSR count). The number of thiazole rings is 1. The third-order valence-electron chi connectivity index (χ3n) is 4.88. The molecule has 0 radical (unpaired) electrons. The van der Waals surface area contributed by atoms with E-state index in [1.54, 1.807) is 42.7 Å². The van der Waals surface area contributed by atoms with Crippen LogP contribution in [0.25, 0.3) is 10.2 Å². The summed E-state index contributed by atoms with van der Waals surface area (Å²) in [4.78, 5) is 7.18. The van der Waals surface area contributed by atoms with E-state index in [1.165, 1.54) is 4.31 Å². The standard InChI is InChI=1S/C20H23N3O4S2/c1-3-27-17-5-4-6-18-19(17)21-20(28-18)22-11-13-23(14-12-22)29(24,25)16-9-7-15(26-2)8-10-16/h4-10H,3,11-14H2,1-2H3. The number of benzene rings is 2. The van der Waals surface area contributed by atoms with Crippen molar-refractivity contribution < 1.29 is 17.9 Å². The first kappa shape index (κ1) is 19.9. The van der Waals surface area contributed by atoms with Gasteiger partial charge in [-0.2, -0.15) is 4.31 Å². The smallest absolute Gasteiger partial charge is 0.243 e. The van der Waals surface area contributed by atoms with Crippen molar-refractivity contribution in [1.29, 1.82) is 0 Å². The molecule has 1 aromatic heterocycles. The quantitative estimate of drug-likeness (QED) is 0.594. The van der Waals surface area contributed by atoms with E-state index in [-0.39, 0.29) is 4.90 Å². The molecule has 0 bridgehead atoms. The zero-order chi connectivity index (χ0) is 20.4. The van der Waals surface area contributed by atoms with Crippen molar-refractivity contribution >= 4 is 36.7 Å². The number of fused-ring (bicyclic) bond motifs is 1. The zero-order valence-corrected chi connectivity index (χ0v) is 18.0. The summed E-state index contributed by atoms with van der Waals surface area (Å²) >= 11 is 1.61. The first-order chi connectivity index (χ1) is 14.0. The monoisotopic (exact) mass is 433 g/mol. The summed E-state index contributed by atoms with van der Waals surface area (Å²) in [6.45, 7) is 4.58. The first-order valence-electron chi connectivity index (χ1n) is 9.44. The van der Waals surface area contributed by atoms with Gasteiger partial charge in [0.15, 0.2) is 5.13 Å². The number of methoxy groups -OCH3 is 1. The second-order valence-electron chi connectivity index (χ2n) is 6.60. The van der Waals surface area contributed by atoms with Gasteiger partial charge in [0.05, 0.1) is 23.3 Å². The molecule has 29 heavy (non-hydrogen) atoms. The van der Waals surface area contributed by atoms with Crippen LogP contribution in [0.3, 0.4) is 0 Å². The van der Waals surface area contributed by atoms with Crippen molar-refractivity contribution in [3.05, 3.63) is 42.5 Å². The van der Waals surface area contributed by atoms with E-state index in [9.17, 15) is 8.42 Å². The SMILES string of the molecule is CCOc1cccc2sc(N3CCN(S(=O)(=O)c4ccc(OC)cc4)CC3)nc12. The average molecular weight is 434 g/mol. The highest BCUT2D eigenvalue weighted by Gasteiger charge is 2.29. The Hall–Kier alpha value is -2.36. The number of ether oxygens (including phenoxy) is 2. The topological polar surface area (TPSA) is 72.0 Å². The zero-order valence-electron chi connectivity index (χ0n) is 16.4. The van der Waals surface area contributed by atoms with E-state index in [0.29, 0.717) is 38.5 Å². The van der Waals surface area contributed by atoms with E-state index in [0.717, 1.165) is 21.1 Å². The van der Waals surface area contributed by atoms with Crippen molar-refractivity contribution in [2.75, 3.05) is 44.8 Å². The Balaban J connectivity index is 1.49. The van der Waals surface area contributed by atoms with Gasteiger partial charge in [0.1, 0.15) is 17.0 Å². The molecule has 0 unspecified atom stereocenters. The molecule has 1 aliphatic heterocycles. The second kappa shape index (κ2) is 8.17. The van der Waals surface area contributed by atoms with Crippen LogP contribution in [0.4, 0.5) is 5.13 Å². The molecule has 0 N–H and O–H groups in total. The molecule has 3 aromatic rings. The van der Waals surface area contributed by atoms with E-state index in [2.05, 4.69) is 4.90 Å². The number of anilines is 1. The highest BCUT2D eigenvalue weighted by molar-refractivity contribution is 7.89. The van der Waals surface area contributed by atoms with Gasteiger partial charge in [-0.05, 0) is 43.3 Å². The molecule has 7 nitrogen and oxygen atoms in total.